The van der Waals surface area contributed by atoms with E-state index in [9.17, 15) is 4.79 Å². The second-order valence-electron chi connectivity index (χ2n) is 7.64. The highest BCUT2D eigenvalue weighted by Gasteiger charge is 2.31. The zero-order valence-corrected chi connectivity index (χ0v) is 16.7. The van der Waals surface area contributed by atoms with Crippen molar-refractivity contribution in [3.05, 3.63) is 60.5 Å². The van der Waals surface area contributed by atoms with Gasteiger partial charge in [0.1, 0.15) is 5.69 Å². The summed E-state index contributed by atoms with van der Waals surface area (Å²) in [6, 6.07) is 8.30. The van der Waals surface area contributed by atoms with E-state index in [4.69, 9.17) is 4.42 Å². The summed E-state index contributed by atoms with van der Waals surface area (Å²) in [7, 11) is 2.04. The molecule has 152 valence electrons. The maximum Gasteiger partial charge on any atom is 0.267 e. The normalized spacial score (nSPS) is 16.4. The third kappa shape index (κ3) is 3.45. The van der Waals surface area contributed by atoms with Crippen molar-refractivity contribution >= 4 is 16.8 Å². The topological polar surface area (TPSA) is 89.9 Å². The summed E-state index contributed by atoms with van der Waals surface area (Å²) < 4.78 is 7.91. The predicted molar refractivity (Wildman–Crippen MR) is 111 cm³/mol. The zero-order valence-electron chi connectivity index (χ0n) is 16.7. The third-order valence-corrected chi connectivity index (χ3v) is 5.70. The van der Waals surface area contributed by atoms with Gasteiger partial charge in [-0.05, 0) is 24.5 Å². The molecular formula is C22H22N6O2. The van der Waals surface area contributed by atoms with Crippen molar-refractivity contribution in [3.8, 4) is 11.6 Å². The molecule has 30 heavy (non-hydrogen) atoms. The molecule has 8 nitrogen and oxygen atoms in total. The molecule has 8 heteroatoms. The Balaban J connectivity index is 1.22. The van der Waals surface area contributed by atoms with Gasteiger partial charge in [-0.15, -0.1) is 10.2 Å². The Morgan fingerprint density at radius 1 is 1.23 bits per heavy atom. The van der Waals surface area contributed by atoms with Gasteiger partial charge in [-0.25, -0.2) is 4.98 Å². The number of hydrogen-bond donors (Lipinski definition) is 0. The molecule has 1 fully saturated rings. The van der Waals surface area contributed by atoms with E-state index in [0.29, 0.717) is 37.0 Å². The number of aryl methyl sites for hydroxylation is 2. The number of aromatic nitrogens is 5. The summed E-state index contributed by atoms with van der Waals surface area (Å²) in [5.41, 5.74) is 2.96. The Hall–Kier alpha value is -3.55. The molecule has 0 unspecified atom stereocenters. The fourth-order valence-corrected chi connectivity index (χ4v) is 4.13. The second-order valence-corrected chi connectivity index (χ2v) is 7.64. The predicted octanol–water partition coefficient (Wildman–Crippen LogP) is 2.97. The first-order valence-corrected chi connectivity index (χ1v) is 10.1. The monoisotopic (exact) mass is 402 g/mol. The fourth-order valence-electron chi connectivity index (χ4n) is 4.13. The molecule has 5 rings (SSSR count). The largest absolute Gasteiger partial charge is 0.419 e. The van der Waals surface area contributed by atoms with E-state index in [1.165, 1.54) is 16.5 Å². The summed E-state index contributed by atoms with van der Waals surface area (Å²) in [5.74, 6) is 1.14. The van der Waals surface area contributed by atoms with E-state index < -0.39 is 0 Å². The highest BCUT2D eigenvalue weighted by atomic mass is 16.4. The highest BCUT2D eigenvalue weighted by Crippen LogP contribution is 2.29. The fraction of sp³-hybridized carbons (Fsp3) is 0.318. The minimum atomic E-state index is 0.0597. The average Bonchev–Trinajstić information content (AvgIpc) is 3.52. The SMILES string of the molecule is Cn1cc(CCC(=O)N2CC[C@@H](c3nnc(-c4cnccn4)o3)C2)c2ccccc21. The number of para-hydroxylation sites is 1. The van der Waals surface area contributed by atoms with Crippen molar-refractivity contribution in [1.29, 1.82) is 0 Å². The second kappa shape index (κ2) is 7.70. The van der Waals surface area contributed by atoms with Crippen LogP contribution in [-0.2, 0) is 18.3 Å². The van der Waals surface area contributed by atoms with Crippen LogP contribution in [0, 0.1) is 0 Å². The lowest BCUT2D eigenvalue weighted by molar-refractivity contribution is -0.130. The molecule has 1 saturated heterocycles. The van der Waals surface area contributed by atoms with Crippen LogP contribution in [0.15, 0.2) is 53.5 Å². The Morgan fingerprint density at radius 3 is 3.00 bits per heavy atom. The number of carbonyl (C=O) groups excluding carboxylic acids is 1. The minimum Gasteiger partial charge on any atom is -0.419 e. The van der Waals surface area contributed by atoms with Crippen LogP contribution in [0.5, 0.6) is 0 Å². The van der Waals surface area contributed by atoms with Crippen molar-refractivity contribution in [2.24, 2.45) is 7.05 Å². The Bertz CT molecular complexity index is 1180. The first-order chi connectivity index (χ1) is 14.7. The summed E-state index contributed by atoms with van der Waals surface area (Å²) in [6.07, 6.45) is 8.95. The number of nitrogens with zero attached hydrogens (tertiary/aromatic N) is 6. The third-order valence-electron chi connectivity index (χ3n) is 5.70. The molecular weight excluding hydrogens is 380 g/mol. The molecule has 1 aromatic carbocycles. The van der Waals surface area contributed by atoms with E-state index in [0.717, 1.165) is 12.8 Å². The molecule has 0 radical (unpaired) electrons. The van der Waals surface area contributed by atoms with Crippen LogP contribution in [0.4, 0.5) is 0 Å². The number of hydrogen-bond acceptors (Lipinski definition) is 6. The number of amides is 1. The molecule has 4 aromatic rings. The molecule has 1 aliphatic heterocycles. The van der Waals surface area contributed by atoms with E-state index >= 15 is 0 Å². The van der Waals surface area contributed by atoms with Gasteiger partial charge in [0.25, 0.3) is 5.89 Å². The van der Waals surface area contributed by atoms with Crippen LogP contribution < -0.4 is 0 Å². The van der Waals surface area contributed by atoms with Gasteiger partial charge in [0, 0.05) is 56.1 Å². The number of fused-ring (bicyclic) bond motifs is 1. The van der Waals surface area contributed by atoms with Gasteiger partial charge in [0.05, 0.1) is 12.1 Å². The van der Waals surface area contributed by atoms with Crippen LogP contribution in [-0.4, -0.2) is 48.6 Å². The molecule has 0 spiro atoms. The number of benzene rings is 1. The molecule has 4 heterocycles. The standard InChI is InChI=1S/C22H22N6O2/c1-27-13-15(17-4-2-3-5-19(17)27)6-7-20(29)28-11-8-16(14-28)21-25-26-22(30-21)18-12-23-9-10-24-18/h2-5,9-10,12-13,16H,6-8,11,14H2,1H3/t16-/m1/s1. The van der Waals surface area contributed by atoms with Crippen LogP contribution >= 0.6 is 0 Å². The van der Waals surface area contributed by atoms with E-state index in [-0.39, 0.29) is 11.8 Å². The smallest absolute Gasteiger partial charge is 0.267 e. The van der Waals surface area contributed by atoms with Crippen molar-refractivity contribution in [2.75, 3.05) is 13.1 Å². The summed E-state index contributed by atoms with van der Waals surface area (Å²) >= 11 is 0. The molecule has 0 aliphatic carbocycles. The van der Waals surface area contributed by atoms with E-state index in [1.54, 1.807) is 18.6 Å². The van der Waals surface area contributed by atoms with E-state index in [2.05, 4.69) is 43.1 Å². The minimum absolute atomic E-state index is 0.0597. The molecule has 3 aromatic heterocycles. The highest BCUT2D eigenvalue weighted by molar-refractivity contribution is 5.85. The van der Waals surface area contributed by atoms with Crippen LogP contribution in [0.25, 0.3) is 22.5 Å². The van der Waals surface area contributed by atoms with Gasteiger partial charge in [0.15, 0.2) is 0 Å². The molecule has 0 bridgehead atoms. The quantitative estimate of drug-likeness (QED) is 0.510. The molecule has 0 N–H and O–H groups in total. The number of likely N-dealkylation sites (tertiary alicyclic amines) is 1. The van der Waals surface area contributed by atoms with Crippen molar-refractivity contribution in [1.82, 2.24) is 29.6 Å². The lowest BCUT2D eigenvalue weighted by atomic mass is 10.1. The Kier molecular flexibility index (Phi) is 4.74. The van der Waals surface area contributed by atoms with E-state index in [1.807, 2.05) is 24.1 Å². The van der Waals surface area contributed by atoms with Crippen molar-refractivity contribution in [2.45, 2.75) is 25.2 Å². The zero-order chi connectivity index (χ0) is 20.5. The lowest BCUT2D eigenvalue weighted by Crippen LogP contribution is -2.28. The van der Waals surface area contributed by atoms with Gasteiger partial charge in [0.2, 0.25) is 11.8 Å². The first kappa shape index (κ1) is 18.5. The Morgan fingerprint density at radius 2 is 2.13 bits per heavy atom. The van der Waals surface area contributed by atoms with Crippen LogP contribution in [0.1, 0.15) is 30.2 Å². The molecule has 1 amide bonds. The van der Waals surface area contributed by atoms with Crippen molar-refractivity contribution in [3.63, 3.8) is 0 Å². The van der Waals surface area contributed by atoms with Crippen molar-refractivity contribution < 1.29 is 9.21 Å². The first-order valence-electron chi connectivity index (χ1n) is 10.1. The maximum atomic E-state index is 12.8. The number of carbonyl (C=O) groups is 1. The summed E-state index contributed by atoms with van der Waals surface area (Å²) in [5, 5.41) is 9.47. The van der Waals surface area contributed by atoms with Crippen LogP contribution in [0.3, 0.4) is 0 Å². The van der Waals surface area contributed by atoms with Crippen LogP contribution in [0.2, 0.25) is 0 Å². The molecule has 0 saturated carbocycles. The molecule has 1 atom stereocenters. The average molecular weight is 402 g/mol. The molecule has 1 aliphatic rings. The van der Waals surface area contributed by atoms with Gasteiger partial charge < -0.3 is 13.9 Å². The lowest BCUT2D eigenvalue weighted by Gasteiger charge is -2.15. The maximum absolute atomic E-state index is 12.8. The summed E-state index contributed by atoms with van der Waals surface area (Å²) in [6.45, 7) is 1.32. The number of rotatable bonds is 5. The van der Waals surface area contributed by atoms with Gasteiger partial charge >= 0.3 is 0 Å². The van der Waals surface area contributed by atoms with Gasteiger partial charge in [-0.3, -0.25) is 9.78 Å². The van der Waals surface area contributed by atoms with Gasteiger partial charge in [-0.1, -0.05) is 18.2 Å². The van der Waals surface area contributed by atoms with Gasteiger partial charge in [-0.2, -0.15) is 0 Å². The summed E-state index contributed by atoms with van der Waals surface area (Å²) in [4.78, 5) is 22.9. The Labute approximate surface area is 173 Å².